The predicted octanol–water partition coefficient (Wildman–Crippen LogP) is 1.31. The molecule has 1 saturated heterocycles. The summed E-state index contributed by atoms with van der Waals surface area (Å²) in [6, 6.07) is 9.56. The van der Waals surface area contributed by atoms with E-state index in [9.17, 15) is 8.42 Å². The van der Waals surface area contributed by atoms with Gasteiger partial charge in [0.2, 0.25) is 10.0 Å². The highest BCUT2D eigenvalue weighted by Gasteiger charge is 2.34. The fraction of sp³-hybridized carbons (Fsp3) is 0.462. The van der Waals surface area contributed by atoms with Gasteiger partial charge >= 0.3 is 0 Å². The molecule has 1 heterocycles. The maximum atomic E-state index is 11.6. The third-order valence-corrected chi connectivity index (χ3v) is 5.06. The van der Waals surface area contributed by atoms with Gasteiger partial charge in [0.25, 0.3) is 0 Å². The van der Waals surface area contributed by atoms with E-state index in [1.807, 2.05) is 30.3 Å². The fourth-order valence-corrected chi connectivity index (χ4v) is 3.23. The van der Waals surface area contributed by atoms with Gasteiger partial charge in [-0.2, -0.15) is 0 Å². The molecule has 1 aliphatic rings. The van der Waals surface area contributed by atoms with E-state index in [0.29, 0.717) is 25.6 Å². The van der Waals surface area contributed by atoms with E-state index in [4.69, 9.17) is 5.73 Å². The Kier molecular flexibility index (Phi) is 6.88. The molecule has 118 valence electrons. The fourth-order valence-electron chi connectivity index (χ4n) is 1.98. The number of aliphatic imine (C=N–C) groups is 1. The number of nitrogens with zero attached hydrogens (tertiary/aromatic N) is 2. The summed E-state index contributed by atoms with van der Waals surface area (Å²) in [5, 5.41) is 2.99. The highest BCUT2D eigenvalue weighted by Crippen LogP contribution is 2.20. The van der Waals surface area contributed by atoms with Crippen LogP contribution in [0, 0.1) is 5.92 Å². The van der Waals surface area contributed by atoms with Crippen molar-refractivity contribution < 1.29 is 8.42 Å². The molecule has 0 radical (unpaired) electrons. The van der Waals surface area contributed by atoms with Gasteiger partial charge in [-0.3, -0.25) is 4.99 Å². The molecule has 8 heteroatoms. The first kappa shape index (κ1) is 18.2. The Morgan fingerprint density at radius 2 is 2.00 bits per heavy atom. The third-order valence-electron chi connectivity index (χ3n) is 3.25. The summed E-state index contributed by atoms with van der Waals surface area (Å²) in [7, 11) is -3.04. The normalized spacial score (nSPS) is 16.9. The second-order valence-electron chi connectivity index (χ2n) is 4.80. The Labute approximate surface area is 142 Å². The lowest BCUT2D eigenvalue weighted by Gasteiger charge is -2.37. The highest BCUT2D eigenvalue weighted by molar-refractivity contribution is 14.0. The standard InChI is InChI=1S/C13H20N4O2S.HI/c1-2-20(18,19)17-9-11(10-17)8-15-13(14)16-12-6-4-3-5-7-12;/h3-7,11H,2,8-10H2,1H3,(H3,14,15,16);1H. The first-order chi connectivity index (χ1) is 9.51. The van der Waals surface area contributed by atoms with E-state index in [-0.39, 0.29) is 35.6 Å². The van der Waals surface area contributed by atoms with Crippen molar-refractivity contribution in [2.24, 2.45) is 16.6 Å². The Bertz CT molecular complexity index is 571. The molecular weight excluding hydrogens is 403 g/mol. The van der Waals surface area contributed by atoms with E-state index in [1.165, 1.54) is 4.31 Å². The molecule has 0 aliphatic carbocycles. The summed E-state index contributed by atoms with van der Waals surface area (Å²) < 4.78 is 24.6. The molecule has 0 unspecified atom stereocenters. The van der Waals surface area contributed by atoms with Crippen LogP contribution in [0.15, 0.2) is 35.3 Å². The SMILES string of the molecule is CCS(=O)(=O)N1CC(CN=C(N)Nc2ccccc2)C1.I. The number of benzene rings is 1. The number of sulfonamides is 1. The molecule has 1 aliphatic heterocycles. The molecule has 0 saturated carbocycles. The molecule has 1 fully saturated rings. The first-order valence-electron chi connectivity index (χ1n) is 6.61. The molecule has 0 bridgehead atoms. The van der Waals surface area contributed by atoms with Crippen LogP contribution in [0.3, 0.4) is 0 Å². The van der Waals surface area contributed by atoms with E-state index >= 15 is 0 Å². The van der Waals surface area contributed by atoms with E-state index in [2.05, 4.69) is 10.3 Å². The number of halogens is 1. The average molecular weight is 424 g/mol. The van der Waals surface area contributed by atoms with Crippen LogP contribution in [0.4, 0.5) is 5.69 Å². The molecule has 3 N–H and O–H groups in total. The van der Waals surface area contributed by atoms with Gasteiger partial charge in [0.05, 0.1) is 5.75 Å². The van der Waals surface area contributed by atoms with Crippen LogP contribution in [0.1, 0.15) is 6.92 Å². The van der Waals surface area contributed by atoms with E-state index < -0.39 is 10.0 Å². The maximum Gasteiger partial charge on any atom is 0.213 e. The zero-order chi connectivity index (χ0) is 14.6. The molecule has 0 spiro atoms. The topological polar surface area (TPSA) is 87.8 Å². The van der Waals surface area contributed by atoms with E-state index in [0.717, 1.165) is 5.69 Å². The molecule has 0 aromatic heterocycles. The van der Waals surface area contributed by atoms with Crippen molar-refractivity contribution in [1.29, 1.82) is 0 Å². The lowest BCUT2D eigenvalue weighted by Crippen LogP contribution is -2.51. The van der Waals surface area contributed by atoms with Crippen LogP contribution in [-0.2, 0) is 10.0 Å². The van der Waals surface area contributed by atoms with Gasteiger partial charge in [0.1, 0.15) is 0 Å². The monoisotopic (exact) mass is 424 g/mol. The van der Waals surface area contributed by atoms with Crippen molar-refractivity contribution in [3.05, 3.63) is 30.3 Å². The molecule has 0 atom stereocenters. The molecule has 1 aromatic carbocycles. The zero-order valence-electron chi connectivity index (χ0n) is 11.9. The average Bonchev–Trinajstić information content (AvgIpc) is 2.37. The lowest BCUT2D eigenvalue weighted by atomic mass is 10.0. The number of para-hydroxylation sites is 1. The van der Waals surface area contributed by atoms with Gasteiger partial charge < -0.3 is 11.1 Å². The Morgan fingerprint density at radius 3 is 2.57 bits per heavy atom. The summed E-state index contributed by atoms with van der Waals surface area (Å²) >= 11 is 0. The van der Waals surface area contributed by atoms with Gasteiger partial charge in [0, 0.05) is 31.2 Å². The van der Waals surface area contributed by atoms with Gasteiger partial charge in [-0.25, -0.2) is 12.7 Å². The predicted molar refractivity (Wildman–Crippen MR) is 96.5 cm³/mol. The van der Waals surface area contributed by atoms with Crippen LogP contribution < -0.4 is 11.1 Å². The number of nitrogens with one attached hydrogen (secondary N) is 1. The maximum absolute atomic E-state index is 11.6. The third kappa shape index (κ3) is 5.11. The number of anilines is 1. The van der Waals surface area contributed by atoms with Crippen molar-refractivity contribution in [2.45, 2.75) is 6.92 Å². The van der Waals surface area contributed by atoms with Crippen LogP contribution in [0.5, 0.6) is 0 Å². The molecule has 21 heavy (non-hydrogen) atoms. The Hall–Kier alpha value is -0.870. The largest absolute Gasteiger partial charge is 0.370 e. The van der Waals surface area contributed by atoms with Crippen LogP contribution >= 0.6 is 24.0 Å². The summed E-state index contributed by atoms with van der Waals surface area (Å²) in [4.78, 5) is 4.25. The first-order valence-corrected chi connectivity index (χ1v) is 8.22. The van der Waals surface area contributed by atoms with Crippen molar-refractivity contribution in [2.75, 3.05) is 30.7 Å². The number of nitrogens with two attached hydrogens (primary N) is 1. The quantitative estimate of drug-likeness (QED) is 0.424. The van der Waals surface area contributed by atoms with Gasteiger partial charge in [-0.05, 0) is 19.1 Å². The van der Waals surface area contributed by atoms with Gasteiger partial charge in [0.15, 0.2) is 5.96 Å². The van der Waals surface area contributed by atoms with Gasteiger partial charge in [-0.15, -0.1) is 24.0 Å². The minimum Gasteiger partial charge on any atom is -0.370 e. The molecular formula is C13H21IN4O2S. The Morgan fingerprint density at radius 1 is 1.38 bits per heavy atom. The molecule has 0 amide bonds. The van der Waals surface area contributed by atoms with Crippen molar-refractivity contribution in [3.63, 3.8) is 0 Å². The van der Waals surface area contributed by atoms with Crippen molar-refractivity contribution >= 4 is 45.6 Å². The van der Waals surface area contributed by atoms with Gasteiger partial charge in [-0.1, -0.05) is 18.2 Å². The smallest absolute Gasteiger partial charge is 0.213 e. The number of rotatable bonds is 5. The number of hydrogen-bond acceptors (Lipinski definition) is 3. The number of hydrogen-bond donors (Lipinski definition) is 2. The summed E-state index contributed by atoms with van der Waals surface area (Å²) in [6.07, 6.45) is 0. The summed E-state index contributed by atoms with van der Waals surface area (Å²) in [5.74, 6) is 0.765. The number of guanidine groups is 1. The summed E-state index contributed by atoms with van der Waals surface area (Å²) in [6.45, 7) is 3.28. The molecule has 2 rings (SSSR count). The van der Waals surface area contributed by atoms with Crippen LogP contribution in [0.25, 0.3) is 0 Å². The molecule has 6 nitrogen and oxygen atoms in total. The van der Waals surface area contributed by atoms with Crippen molar-refractivity contribution in [3.8, 4) is 0 Å². The minimum absolute atomic E-state index is 0. The zero-order valence-corrected chi connectivity index (χ0v) is 15.0. The van der Waals surface area contributed by atoms with Crippen molar-refractivity contribution in [1.82, 2.24) is 4.31 Å². The second kappa shape index (κ2) is 7.95. The minimum atomic E-state index is -3.04. The van der Waals surface area contributed by atoms with E-state index in [1.54, 1.807) is 6.92 Å². The Balaban J connectivity index is 0.00000220. The van der Waals surface area contributed by atoms with Crippen LogP contribution in [0.2, 0.25) is 0 Å². The second-order valence-corrected chi connectivity index (χ2v) is 7.06. The van der Waals surface area contributed by atoms with Crippen LogP contribution in [-0.4, -0.2) is 44.1 Å². The lowest BCUT2D eigenvalue weighted by molar-refractivity contribution is 0.208. The summed E-state index contributed by atoms with van der Waals surface area (Å²) in [5.41, 5.74) is 6.67. The molecule has 1 aromatic rings. The highest BCUT2D eigenvalue weighted by atomic mass is 127.